The molecule has 3 rings (SSSR count). The van der Waals surface area contributed by atoms with E-state index >= 15 is 0 Å². The van der Waals surface area contributed by atoms with E-state index in [-0.39, 0.29) is 23.4 Å². The normalized spacial score (nSPS) is 12.2. The minimum Gasteiger partial charge on any atom is -0.352 e. The number of anilines is 1. The van der Waals surface area contributed by atoms with E-state index in [1.165, 1.54) is 41.3 Å². The fraction of sp³-hybridized carbons (Fsp3) is 0.333. The molecule has 0 aliphatic rings. The molecule has 0 aliphatic carbocycles. The third-order valence-electron chi connectivity index (χ3n) is 6.60. The van der Waals surface area contributed by atoms with Crippen molar-refractivity contribution in [3.8, 4) is 0 Å². The Hall–Kier alpha value is -3.72. The predicted molar refractivity (Wildman–Crippen MR) is 151 cm³/mol. The number of amides is 2. The highest BCUT2D eigenvalue weighted by Crippen LogP contribution is 2.29. The summed E-state index contributed by atoms with van der Waals surface area (Å²) < 4.78 is 42.5. The number of nitrogens with zero attached hydrogens (tertiary/aromatic N) is 2. The number of hydrogen-bond acceptors (Lipinski definition) is 4. The molecule has 0 aromatic heterocycles. The van der Waals surface area contributed by atoms with Crippen LogP contribution in [0.4, 0.5) is 10.1 Å². The van der Waals surface area contributed by atoms with Crippen molar-refractivity contribution in [3.63, 3.8) is 0 Å². The molecule has 0 fully saturated rings. The number of aryl methyl sites for hydroxylation is 2. The van der Waals surface area contributed by atoms with Gasteiger partial charge in [-0.15, -0.1) is 0 Å². The summed E-state index contributed by atoms with van der Waals surface area (Å²) in [6, 6.07) is 16.3. The minimum atomic E-state index is -4.15. The van der Waals surface area contributed by atoms with E-state index in [1.807, 2.05) is 40.7 Å². The van der Waals surface area contributed by atoms with Crippen molar-refractivity contribution in [1.82, 2.24) is 10.2 Å². The highest BCUT2D eigenvalue weighted by molar-refractivity contribution is 7.92. The first kappa shape index (κ1) is 29.8. The van der Waals surface area contributed by atoms with Crippen LogP contribution in [0.2, 0.25) is 0 Å². The monoisotopic (exact) mass is 553 g/mol. The number of rotatable bonds is 10. The fourth-order valence-electron chi connectivity index (χ4n) is 4.13. The van der Waals surface area contributed by atoms with Crippen molar-refractivity contribution < 1.29 is 22.4 Å². The van der Waals surface area contributed by atoms with E-state index in [2.05, 4.69) is 5.32 Å². The molecule has 3 aromatic carbocycles. The Bertz CT molecular complexity index is 1420. The molecular formula is C30H36FN3O4S. The second-order valence-corrected chi connectivity index (χ2v) is 11.9. The first-order chi connectivity index (χ1) is 18.3. The lowest BCUT2D eigenvalue weighted by atomic mass is 10.1. The zero-order valence-corrected chi connectivity index (χ0v) is 24.0. The number of hydrogen-bond donors (Lipinski definition) is 1. The van der Waals surface area contributed by atoms with Gasteiger partial charge in [0.15, 0.2) is 0 Å². The average Bonchev–Trinajstić information content (AvgIpc) is 2.88. The maximum Gasteiger partial charge on any atom is 0.264 e. The predicted octanol–water partition coefficient (Wildman–Crippen LogP) is 4.89. The minimum absolute atomic E-state index is 0.00296. The van der Waals surface area contributed by atoms with Gasteiger partial charge in [0, 0.05) is 12.6 Å². The van der Waals surface area contributed by atoms with Crippen molar-refractivity contribution in [3.05, 3.63) is 94.8 Å². The number of sulfonamides is 1. The molecule has 7 nitrogen and oxygen atoms in total. The van der Waals surface area contributed by atoms with Crippen molar-refractivity contribution >= 4 is 27.5 Å². The van der Waals surface area contributed by atoms with Crippen LogP contribution >= 0.6 is 0 Å². The van der Waals surface area contributed by atoms with Gasteiger partial charge in [0.2, 0.25) is 11.8 Å². The van der Waals surface area contributed by atoms with Gasteiger partial charge >= 0.3 is 0 Å². The van der Waals surface area contributed by atoms with Gasteiger partial charge in [-0.1, -0.05) is 42.0 Å². The SMILES string of the molecule is Cc1ccc(S(=O)(=O)N(CC(=O)N(Cc2ccc(F)cc2)C(C)C(=O)NC(C)C)c2cccc(C)c2C)cc1. The molecule has 0 radical (unpaired) electrons. The Morgan fingerprint density at radius 1 is 0.897 bits per heavy atom. The van der Waals surface area contributed by atoms with Crippen molar-refractivity contribution in [2.24, 2.45) is 0 Å². The number of benzene rings is 3. The van der Waals surface area contributed by atoms with Crippen LogP contribution < -0.4 is 9.62 Å². The zero-order chi connectivity index (χ0) is 28.9. The molecule has 1 atom stereocenters. The van der Waals surface area contributed by atoms with Crippen molar-refractivity contribution in [2.75, 3.05) is 10.8 Å². The molecule has 0 saturated carbocycles. The van der Waals surface area contributed by atoms with Gasteiger partial charge in [-0.05, 0) is 88.6 Å². The van der Waals surface area contributed by atoms with Gasteiger partial charge in [0.1, 0.15) is 18.4 Å². The Morgan fingerprint density at radius 3 is 2.10 bits per heavy atom. The maximum atomic E-state index is 13.9. The topological polar surface area (TPSA) is 86.8 Å². The number of carbonyl (C=O) groups excluding carboxylic acids is 2. The van der Waals surface area contributed by atoms with Gasteiger partial charge in [-0.3, -0.25) is 13.9 Å². The average molecular weight is 554 g/mol. The highest BCUT2D eigenvalue weighted by Gasteiger charge is 2.33. The summed E-state index contributed by atoms with van der Waals surface area (Å²) in [5.41, 5.74) is 3.48. The smallest absolute Gasteiger partial charge is 0.264 e. The third-order valence-corrected chi connectivity index (χ3v) is 8.37. The molecule has 208 valence electrons. The summed E-state index contributed by atoms with van der Waals surface area (Å²) in [7, 11) is -4.15. The van der Waals surface area contributed by atoms with Crippen molar-refractivity contribution in [1.29, 1.82) is 0 Å². The zero-order valence-electron chi connectivity index (χ0n) is 23.2. The van der Waals surface area contributed by atoms with E-state index in [0.29, 0.717) is 11.3 Å². The summed E-state index contributed by atoms with van der Waals surface area (Å²) in [6.45, 7) is 10.2. The lowest BCUT2D eigenvalue weighted by Crippen LogP contribution is -2.52. The second kappa shape index (κ2) is 12.4. The summed E-state index contributed by atoms with van der Waals surface area (Å²) in [4.78, 5) is 28.3. The van der Waals surface area contributed by atoms with E-state index in [1.54, 1.807) is 31.2 Å². The van der Waals surface area contributed by atoms with E-state index in [4.69, 9.17) is 0 Å². The highest BCUT2D eigenvalue weighted by atomic mass is 32.2. The van der Waals surface area contributed by atoms with Crippen LogP contribution in [0.15, 0.2) is 71.6 Å². The molecule has 1 N–H and O–H groups in total. The molecule has 3 aromatic rings. The first-order valence-corrected chi connectivity index (χ1v) is 14.2. The van der Waals surface area contributed by atoms with Crippen LogP contribution in [0.3, 0.4) is 0 Å². The Kier molecular flexibility index (Phi) is 9.50. The number of halogens is 1. The summed E-state index contributed by atoms with van der Waals surface area (Å²) >= 11 is 0. The van der Waals surface area contributed by atoms with Crippen molar-refractivity contribution in [2.45, 2.75) is 65.1 Å². The first-order valence-electron chi connectivity index (χ1n) is 12.8. The standard InChI is InChI=1S/C30H36FN3O4S/c1-20(2)32-30(36)24(6)33(18-25-12-14-26(31)15-13-25)29(35)19-34(28-9-7-8-22(4)23(28)5)39(37,38)27-16-10-21(3)11-17-27/h7-17,20,24H,18-19H2,1-6H3,(H,32,36). The van der Waals surface area contributed by atoms with Gasteiger partial charge in [-0.2, -0.15) is 0 Å². The van der Waals surface area contributed by atoms with Crippen LogP contribution in [0.25, 0.3) is 0 Å². The molecule has 1 unspecified atom stereocenters. The molecule has 0 bridgehead atoms. The van der Waals surface area contributed by atoms with Gasteiger partial charge < -0.3 is 10.2 Å². The molecular weight excluding hydrogens is 517 g/mol. The molecule has 0 heterocycles. The quantitative estimate of drug-likeness (QED) is 0.387. The van der Waals surface area contributed by atoms with E-state index in [9.17, 15) is 22.4 Å². The van der Waals surface area contributed by atoms with Crippen LogP contribution in [0.5, 0.6) is 0 Å². The third kappa shape index (κ3) is 7.23. The largest absolute Gasteiger partial charge is 0.352 e. The molecule has 0 aliphatic heterocycles. The van der Waals surface area contributed by atoms with Crippen LogP contribution in [-0.4, -0.2) is 43.8 Å². The Balaban J connectivity index is 2.07. The fourth-order valence-corrected chi connectivity index (χ4v) is 5.60. The lowest BCUT2D eigenvalue weighted by molar-refractivity contribution is -0.139. The molecule has 39 heavy (non-hydrogen) atoms. The van der Waals surface area contributed by atoms with Gasteiger partial charge in [-0.25, -0.2) is 12.8 Å². The number of carbonyl (C=O) groups is 2. The molecule has 2 amide bonds. The maximum absolute atomic E-state index is 13.9. The number of nitrogens with one attached hydrogen (secondary N) is 1. The molecule has 9 heteroatoms. The lowest BCUT2D eigenvalue weighted by Gasteiger charge is -2.33. The molecule has 0 spiro atoms. The van der Waals surface area contributed by atoms with E-state index in [0.717, 1.165) is 21.0 Å². The van der Waals surface area contributed by atoms with Crippen LogP contribution in [0.1, 0.15) is 43.0 Å². The molecule has 0 saturated heterocycles. The van der Waals surface area contributed by atoms with Gasteiger partial charge in [0.25, 0.3) is 10.0 Å². The summed E-state index contributed by atoms with van der Waals surface area (Å²) in [5.74, 6) is -1.37. The Morgan fingerprint density at radius 2 is 1.51 bits per heavy atom. The second-order valence-electron chi connectivity index (χ2n) is 10.0. The summed E-state index contributed by atoms with van der Waals surface area (Å²) in [6.07, 6.45) is 0. The van der Waals surface area contributed by atoms with Crippen LogP contribution in [0, 0.1) is 26.6 Å². The van der Waals surface area contributed by atoms with Crippen LogP contribution in [-0.2, 0) is 26.2 Å². The summed E-state index contributed by atoms with van der Waals surface area (Å²) in [5, 5.41) is 2.81. The van der Waals surface area contributed by atoms with E-state index < -0.39 is 34.3 Å². The van der Waals surface area contributed by atoms with Gasteiger partial charge in [0.05, 0.1) is 10.6 Å². The Labute approximate surface area is 230 Å².